The minimum Gasteiger partial charge on any atom is -0.466 e. The Labute approximate surface area is 171 Å². The van der Waals surface area contributed by atoms with Gasteiger partial charge in [0.15, 0.2) is 5.13 Å². The van der Waals surface area contributed by atoms with E-state index in [0.717, 1.165) is 4.70 Å². The molecule has 0 aliphatic rings. The van der Waals surface area contributed by atoms with E-state index >= 15 is 0 Å². The number of urea groups is 1. The van der Waals surface area contributed by atoms with E-state index in [9.17, 15) is 14.4 Å². The number of fused-ring (bicyclic) bond motifs is 1. The zero-order chi connectivity index (χ0) is 20.6. The molecule has 0 radical (unpaired) electrons. The van der Waals surface area contributed by atoms with E-state index in [1.54, 1.807) is 43.3 Å². The number of thiazole rings is 1. The number of amides is 3. The maximum absolute atomic E-state index is 12.3. The molecule has 3 aromatic rings. The maximum Gasteiger partial charge on any atom is 0.319 e. The van der Waals surface area contributed by atoms with Crippen LogP contribution in [0.5, 0.6) is 0 Å². The number of ether oxygens (including phenoxy) is 1. The summed E-state index contributed by atoms with van der Waals surface area (Å²) in [7, 11) is 0. The Bertz CT molecular complexity index is 1020. The van der Waals surface area contributed by atoms with Crippen molar-refractivity contribution in [2.24, 2.45) is 0 Å². The van der Waals surface area contributed by atoms with Crippen LogP contribution in [0.2, 0.25) is 0 Å². The Morgan fingerprint density at radius 2 is 1.86 bits per heavy atom. The van der Waals surface area contributed by atoms with Crippen molar-refractivity contribution in [1.29, 1.82) is 0 Å². The second-order valence-corrected chi connectivity index (χ2v) is 6.99. The standard InChI is InChI=1S/C20H20N4O4S/c1-2-28-17(25)10-11-21-19(27)22-14-8-9-16-15(12-14)23-20(29-16)24-18(26)13-6-4-3-5-7-13/h3-9,12H,2,10-11H2,1H3,(H2,21,22,27)(H,23,24,26). The lowest BCUT2D eigenvalue weighted by molar-refractivity contribution is -0.142. The van der Waals surface area contributed by atoms with Gasteiger partial charge in [0, 0.05) is 17.8 Å². The highest BCUT2D eigenvalue weighted by Crippen LogP contribution is 2.28. The third kappa shape index (κ3) is 5.76. The monoisotopic (exact) mass is 412 g/mol. The fourth-order valence-corrected chi connectivity index (χ4v) is 3.35. The van der Waals surface area contributed by atoms with Gasteiger partial charge < -0.3 is 15.4 Å². The predicted octanol–water partition coefficient (Wildman–Crippen LogP) is 3.62. The summed E-state index contributed by atoms with van der Waals surface area (Å²) in [6.07, 6.45) is 0.108. The maximum atomic E-state index is 12.3. The minimum atomic E-state index is -0.429. The molecule has 0 atom stereocenters. The molecule has 9 heteroatoms. The minimum absolute atomic E-state index is 0.108. The number of nitrogens with zero attached hydrogens (tertiary/aromatic N) is 1. The smallest absolute Gasteiger partial charge is 0.319 e. The van der Waals surface area contributed by atoms with Crippen LogP contribution >= 0.6 is 11.3 Å². The van der Waals surface area contributed by atoms with Gasteiger partial charge in [0.1, 0.15) is 0 Å². The van der Waals surface area contributed by atoms with Crippen LogP contribution in [-0.4, -0.2) is 36.0 Å². The Balaban J connectivity index is 1.58. The van der Waals surface area contributed by atoms with Crippen molar-refractivity contribution in [3.05, 3.63) is 54.1 Å². The van der Waals surface area contributed by atoms with Crippen LogP contribution in [0.4, 0.5) is 15.6 Å². The molecule has 29 heavy (non-hydrogen) atoms. The van der Waals surface area contributed by atoms with Gasteiger partial charge >= 0.3 is 12.0 Å². The van der Waals surface area contributed by atoms with Crippen LogP contribution in [-0.2, 0) is 9.53 Å². The molecule has 0 fully saturated rings. The van der Waals surface area contributed by atoms with Crippen molar-refractivity contribution in [1.82, 2.24) is 10.3 Å². The van der Waals surface area contributed by atoms with Gasteiger partial charge in [-0.2, -0.15) is 0 Å². The number of carbonyl (C=O) groups is 3. The molecule has 0 saturated carbocycles. The number of esters is 1. The van der Waals surface area contributed by atoms with Crippen molar-refractivity contribution in [3.8, 4) is 0 Å². The zero-order valence-electron chi connectivity index (χ0n) is 15.7. The third-order valence-electron chi connectivity index (χ3n) is 3.82. The Kier molecular flexibility index (Phi) is 6.75. The van der Waals surface area contributed by atoms with Gasteiger partial charge in [-0.1, -0.05) is 29.5 Å². The quantitative estimate of drug-likeness (QED) is 0.514. The number of anilines is 2. The lowest BCUT2D eigenvalue weighted by atomic mass is 10.2. The Morgan fingerprint density at radius 3 is 2.62 bits per heavy atom. The van der Waals surface area contributed by atoms with Gasteiger partial charge in [-0.05, 0) is 37.3 Å². The number of hydrogen-bond acceptors (Lipinski definition) is 6. The molecule has 0 aliphatic carbocycles. The number of carbonyl (C=O) groups excluding carboxylic acids is 3. The van der Waals surface area contributed by atoms with Crippen LogP contribution < -0.4 is 16.0 Å². The van der Waals surface area contributed by atoms with Crippen LogP contribution in [0.25, 0.3) is 10.2 Å². The summed E-state index contributed by atoms with van der Waals surface area (Å²) in [5.74, 6) is -0.592. The van der Waals surface area contributed by atoms with Gasteiger partial charge in [0.2, 0.25) is 0 Å². The van der Waals surface area contributed by atoms with Crippen molar-refractivity contribution in [2.75, 3.05) is 23.8 Å². The van der Waals surface area contributed by atoms with Gasteiger partial charge in [-0.15, -0.1) is 0 Å². The summed E-state index contributed by atoms with van der Waals surface area (Å²) in [5, 5.41) is 8.54. The molecule has 150 valence electrons. The van der Waals surface area contributed by atoms with E-state index in [4.69, 9.17) is 4.74 Å². The molecule has 0 saturated heterocycles. The van der Waals surface area contributed by atoms with Crippen LogP contribution in [0.3, 0.4) is 0 Å². The molecule has 1 aromatic heterocycles. The van der Waals surface area contributed by atoms with Gasteiger partial charge in [-0.3, -0.25) is 14.9 Å². The second kappa shape index (κ2) is 9.65. The fraction of sp³-hybridized carbons (Fsp3) is 0.200. The topological polar surface area (TPSA) is 109 Å². The summed E-state index contributed by atoms with van der Waals surface area (Å²) < 4.78 is 5.68. The molecule has 1 heterocycles. The fourth-order valence-electron chi connectivity index (χ4n) is 2.50. The lowest BCUT2D eigenvalue weighted by Crippen LogP contribution is -2.30. The van der Waals surface area contributed by atoms with Crippen molar-refractivity contribution < 1.29 is 19.1 Å². The van der Waals surface area contributed by atoms with Crippen molar-refractivity contribution in [2.45, 2.75) is 13.3 Å². The van der Waals surface area contributed by atoms with Gasteiger partial charge in [0.05, 0.1) is 23.2 Å². The van der Waals surface area contributed by atoms with Gasteiger partial charge in [-0.25, -0.2) is 9.78 Å². The summed E-state index contributed by atoms with van der Waals surface area (Å²) in [6, 6.07) is 13.7. The number of nitrogens with one attached hydrogen (secondary N) is 3. The summed E-state index contributed by atoms with van der Waals surface area (Å²) >= 11 is 1.35. The molecule has 2 aromatic carbocycles. The van der Waals surface area contributed by atoms with Crippen LogP contribution in [0.15, 0.2) is 48.5 Å². The van der Waals surface area contributed by atoms with Gasteiger partial charge in [0.25, 0.3) is 5.91 Å². The molecule has 0 aliphatic heterocycles. The first-order valence-corrected chi connectivity index (χ1v) is 9.84. The van der Waals surface area contributed by atoms with Crippen LogP contribution in [0.1, 0.15) is 23.7 Å². The lowest BCUT2D eigenvalue weighted by Gasteiger charge is -2.07. The molecule has 3 rings (SSSR count). The number of hydrogen-bond donors (Lipinski definition) is 3. The highest BCUT2D eigenvalue weighted by Gasteiger charge is 2.11. The summed E-state index contributed by atoms with van der Waals surface area (Å²) in [6.45, 7) is 2.22. The van der Waals surface area contributed by atoms with Crippen molar-refractivity contribution in [3.63, 3.8) is 0 Å². The number of benzene rings is 2. The molecule has 3 amide bonds. The summed E-state index contributed by atoms with van der Waals surface area (Å²) in [5.41, 5.74) is 1.76. The molecule has 0 spiro atoms. The Hall–Kier alpha value is -3.46. The molecule has 3 N–H and O–H groups in total. The van der Waals surface area contributed by atoms with E-state index in [-0.39, 0.29) is 24.8 Å². The van der Waals surface area contributed by atoms with E-state index in [1.807, 2.05) is 12.1 Å². The summed E-state index contributed by atoms with van der Waals surface area (Å²) in [4.78, 5) is 39.9. The molecular formula is C20H20N4O4S. The first-order valence-electron chi connectivity index (χ1n) is 9.02. The van der Waals surface area contributed by atoms with Crippen molar-refractivity contribution >= 4 is 50.3 Å². The van der Waals surface area contributed by atoms with E-state index in [2.05, 4.69) is 20.9 Å². The number of aromatic nitrogens is 1. The Morgan fingerprint density at radius 1 is 1.07 bits per heavy atom. The van der Waals surface area contributed by atoms with E-state index < -0.39 is 6.03 Å². The normalized spacial score (nSPS) is 10.4. The predicted molar refractivity (Wildman–Crippen MR) is 112 cm³/mol. The molecular weight excluding hydrogens is 392 g/mol. The average molecular weight is 412 g/mol. The molecule has 0 bridgehead atoms. The largest absolute Gasteiger partial charge is 0.466 e. The van der Waals surface area contributed by atoms with Crippen LogP contribution in [0, 0.1) is 0 Å². The molecule has 8 nitrogen and oxygen atoms in total. The van der Waals surface area contributed by atoms with E-state index in [1.165, 1.54) is 11.3 Å². The highest BCUT2D eigenvalue weighted by molar-refractivity contribution is 7.22. The SMILES string of the molecule is CCOC(=O)CCNC(=O)Nc1ccc2sc(NC(=O)c3ccccc3)nc2c1. The molecule has 0 unspecified atom stereocenters. The van der Waals surface area contributed by atoms with E-state index in [0.29, 0.717) is 28.5 Å². The highest BCUT2D eigenvalue weighted by atomic mass is 32.1. The number of rotatable bonds is 7. The third-order valence-corrected chi connectivity index (χ3v) is 4.77. The first kappa shape index (κ1) is 20.3. The zero-order valence-corrected chi connectivity index (χ0v) is 16.5. The second-order valence-electron chi connectivity index (χ2n) is 5.96. The average Bonchev–Trinajstić information content (AvgIpc) is 3.10. The first-order chi connectivity index (χ1) is 14.0.